The van der Waals surface area contributed by atoms with Gasteiger partial charge in [0.1, 0.15) is 10.8 Å². The summed E-state index contributed by atoms with van der Waals surface area (Å²) in [5.41, 5.74) is 6.40. The molecule has 0 bridgehead atoms. The van der Waals surface area contributed by atoms with Crippen molar-refractivity contribution in [3.05, 3.63) is 29.6 Å². The molecular weight excluding hydrogens is 267 g/mol. The van der Waals surface area contributed by atoms with Crippen LogP contribution >= 0.6 is 12.2 Å². The molecule has 3 N–H and O–H groups in total. The Kier molecular flexibility index (Phi) is 7.32. The zero-order valence-corrected chi connectivity index (χ0v) is 11.8. The third-order valence-corrected chi connectivity index (χ3v) is 2.70. The van der Waals surface area contributed by atoms with Gasteiger partial charge in [-0.25, -0.2) is 4.39 Å². The van der Waals surface area contributed by atoms with Crippen molar-refractivity contribution in [3.63, 3.8) is 0 Å². The Bertz CT molecular complexity index is 416. The standard InChI is InChI=1S/C13H19FN2O2S/c1-17-7-8-18-6-2-5-16-12-4-3-10(13(15)19)9-11(12)14/h3-4,9,16H,2,5-8H2,1H3,(H2,15,19). The second-order valence-corrected chi connectivity index (χ2v) is 4.38. The molecule has 0 heterocycles. The normalized spacial score (nSPS) is 10.4. The molecular formula is C13H19FN2O2S. The number of halogens is 1. The molecule has 1 aromatic carbocycles. The van der Waals surface area contributed by atoms with E-state index in [1.807, 2.05) is 0 Å². The van der Waals surface area contributed by atoms with E-state index in [1.165, 1.54) is 6.07 Å². The molecule has 0 aliphatic rings. The van der Waals surface area contributed by atoms with E-state index in [9.17, 15) is 4.39 Å². The van der Waals surface area contributed by atoms with E-state index in [1.54, 1.807) is 19.2 Å². The van der Waals surface area contributed by atoms with Crippen LogP contribution < -0.4 is 11.1 Å². The van der Waals surface area contributed by atoms with Crippen LogP contribution in [0.4, 0.5) is 10.1 Å². The summed E-state index contributed by atoms with van der Waals surface area (Å²) in [6.07, 6.45) is 0.792. The van der Waals surface area contributed by atoms with Crippen LogP contribution in [-0.2, 0) is 9.47 Å². The lowest BCUT2D eigenvalue weighted by Gasteiger charge is -2.09. The van der Waals surface area contributed by atoms with Gasteiger partial charge in [0, 0.05) is 25.8 Å². The average Bonchev–Trinajstić information content (AvgIpc) is 2.39. The Labute approximate surface area is 118 Å². The highest BCUT2D eigenvalue weighted by atomic mass is 32.1. The summed E-state index contributed by atoms with van der Waals surface area (Å²) in [6.45, 7) is 2.41. The van der Waals surface area contributed by atoms with Gasteiger partial charge in [0.15, 0.2) is 0 Å². The highest BCUT2D eigenvalue weighted by Gasteiger charge is 2.04. The third kappa shape index (κ3) is 5.96. The van der Waals surface area contributed by atoms with Crippen molar-refractivity contribution in [3.8, 4) is 0 Å². The van der Waals surface area contributed by atoms with Crippen molar-refractivity contribution < 1.29 is 13.9 Å². The molecule has 0 amide bonds. The highest BCUT2D eigenvalue weighted by Crippen LogP contribution is 2.15. The quantitative estimate of drug-likeness (QED) is 0.536. The SMILES string of the molecule is COCCOCCCNc1ccc(C(N)=S)cc1F. The predicted octanol–water partition coefficient (Wildman–Crippen LogP) is 1.92. The van der Waals surface area contributed by atoms with Crippen LogP contribution in [-0.4, -0.2) is 38.5 Å². The van der Waals surface area contributed by atoms with Gasteiger partial charge in [-0.1, -0.05) is 12.2 Å². The molecule has 106 valence electrons. The first-order chi connectivity index (χ1) is 9.15. The fourth-order valence-electron chi connectivity index (χ4n) is 1.45. The van der Waals surface area contributed by atoms with E-state index in [0.717, 1.165) is 6.42 Å². The fraction of sp³-hybridized carbons (Fsp3) is 0.462. The fourth-order valence-corrected chi connectivity index (χ4v) is 1.58. The number of nitrogens with two attached hydrogens (primary N) is 1. The van der Waals surface area contributed by atoms with Crippen LogP contribution in [0.15, 0.2) is 18.2 Å². The zero-order chi connectivity index (χ0) is 14.1. The third-order valence-electron chi connectivity index (χ3n) is 2.47. The van der Waals surface area contributed by atoms with Gasteiger partial charge in [-0.3, -0.25) is 0 Å². The maximum atomic E-state index is 13.7. The smallest absolute Gasteiger partial charge is 0.146 e. The van der Waals surface area contributed by atoms with Gasteiger partial charge in [0.25, 0.3) is 0 Å². The van der Waals surface area contributed by atoms with Crippen LogP contribution in [0.1, 0.15) is 12.0 Å². The summed E-state index contributed by atoms with van der Waals surface area (Å²) in [4.78, 5) is 0.192. The molecule has 0 spiro atoms. The van der Waals surface area contributed by atoms with Crippen molar-refractivity contribution in [2.45, 2.75) is 6.42 Å². The van der Waals surface area contributed by atoms with Crippen LogP contribution in [0.3, 0.4) is 0 Å². The van der Waals surface area contributed by atoms with E-state index < -0.39 is 0 Å². The molecule has 0 atom stereocenters. The molecule has 1 aromatic rings. The Morgan fingerprint density at radius 3 is 2.79 bits per heavy atom. The second-order valence-electron chi connectivity index (χ2n) is 3.94. The number of thiocarbonyl (C=S) groups is 1. The van der Waals surface area contributed by atoms with Gasteiger partial charge in [-0.15, -0.1) is 0 Å². The monoisotopic (exact) mass is 286 g/mol. The van der Waals surface area contributed by atoms with Gasteiger partial charge in [0.2, 0.25) is 0 Å². The minimum atomic E-state index is -0.356. The molecule has 0 saturated heterocycles. The number of anilines is 1. The Hall–Kier alpha value is -1.24. The van der Waals surface area contributed by atoms with Crippen molar-refractivity contribution in [1.82, 2.24) is 0 Å². The van der Waals surface area contributed by atoms with E-state index >= 15 is 0 Å². The average molecular weight is 286 g/mol. The molecule has 0 aliphatic heterocycles. The lowest BCUT2D eigenvalue weighted by Crippen LogP contribution is -2.11. The van der Waals surface area contributed by atoms with Crippen molar-refractivity contribution in [2.24, 2.45) is 5.73 Å². The molecule has 0 fully saturated rings. The van der Waals surface area contributed by atoms with E-state index in [0.29, 0.717) is 37.6 Å². The number of hydrogen-bond acceptors (Lipinski definition) is 4. The number of rotatable bonds is 9. The number of ether oxygens (including phenoxy) is 2. The first kappa shape index (κ1) is 15.8. The summed E-state index contributed by atoms with van der Waals surface area (Å²) in [6, 6.07) is 4.66. The van der Waals surface area contributed by atoms with Crippen molar-refractivity contribution >= 4 is 22.9 Å². The summed E-state index contributed by atoms with van der Waals surface area (Å²) in [5.74, 6) is -0.356. The lowest BCUT2D eigenvalue weighted by atomic mass is 10.2. The predicted molar refractivity (Wildman–Crippen MR) is 78.1 cm³/mol. The van der Waals surface area contributed by atoms with Gasteiger partial charge < -0.3 is 20.5 Å². The Morgan fingerprint density at radius 2 is 2.16 bits per heavy atom. The van der Waals surface area contributed by atoms with Crippen LogP contribution in [0, 0.1) is 5.82 Å². The molecule has 0 unspecified atom stereocenters. The van der Waals surface area contributed by atoms with Gasteiger partial charge >= 0.3 is 0 Å². The first-order valence-electron chi connectivity index (χ1n) is 6.05. The van der Waals surface area contributed by atoms with Gasteiger partial charge in [-0.05, 0) is 24.6 Å². The summed E-state index contributed by atoms with van der Waals surface area (Å²) >= 11 is 4.79. The number of benzene rings is 1. The second kappa shape index (κ2) is 8.79. The summed E-state index contributed by atoms with van der Waals surface area (Å²) in [5, 5.41) is 3.00. The topological polar surface area (TPSA) is 56.5 Å². The molecule has 1 rings (SSSR count). The number of methoxy groups -OCH3 is 1. The van der Waals surface area contributed by atoms with Gasteiger partial charge in [0.05, 0.1) is 18.9 Å². The largest absolute Gasteiger partial charge is 0.389 e. The number of nitrogens with one attached hydrogen (secondary N) is 1. The van der Waals surface area contributed by atoms with E-state index in [2.05, 4.69) is 5.32 Å². The minimum absolute atomic E-state index is 0.192. The molecule has 0 aliphatic carbocycles. The molecule has 6 heteroatoms. The van der Waals surface area contributed by atoms with Crippen LogP contribution in [0.2, 0.25) is 0 Å². The summed E-state index contributed by atoms with van der Waals surface area (Å²) in [7, 11) is 1.63. The lowest BCUT2D eigenvalue weighted by molar-refractivity contribution is 0.0705. The molecule has 4 nitrogen and oxygen atoms in total. The first-order valence-corrected chi connectivity index (χ1v) is 6.46. The Morgan fingerprint density at radius 1 is 1.37 bits per heavy atom. The Balaban J connectivity index is 2.28. The maximum Gasteiger partial charge on any atom is 0.146 e. The van der Waals surface area contributed by atoms with Crippen LogP contribution in [0.25, 0.3) is 0 Å². The van der Waals surface area contributed by atoms with Crippen molar-refractivity contribution in [2.75, 3.05) is 38.8 Å². The highest BCUT2D eigenvalue weighted by molar-refractivity contribution is 7.80. The minimum Gasteiger partial charge on any atom is -0.389 e. The molecule has 0 saturated carbocycles. The van der Waals surface area contributed by atoms with E-state index in [4.69, 9.17) is 27.4 Å². The molecule has 0 aromatic heterocycles. The van der Waals surface area contributed by atoms with Crippen LogP contribution in [0.5, 0.6) is 0 Å². The molecule has 19 heavy (non-hydrogen) atoms. The van der Waals surface area contributed by atoms with Gasteiger partial charge in [-0.2, -0.15) is 0 Å². The number of hydrogen-bond donors (Lipinski definition) is 2. The maximum absolute atomic E-state index is 13.7. The van der Waals surface area contributed by atoms with E-state index in [-0.39, 0.29) is 10.8 Å². The van der Waals surface area contributed by atoms with Crippen molar-refractivity contribution in [1.29, 1.82) is 0 Å². The summed E-state index contributed by atoms with van der Waals surface area (Å²) < 4.78 is 23.8. The molecule has 0 radical (unpaired) electrons. The zero-order valence-electron chi connectivity index (χ0n) is 10.9.